The van der Waals surface area contributed by atoms with Crippen molar-refractivity contribution < 1.29 is 4.52 Å². The van der Waals surface area contributed by atoms with E-state index >= 15 is 0 Å². The van der Waals surface area contributed by atoms with Crippen LogP contribution in [-0.2, 0) is 12.8 Å². The average Bonchev–Trinajstić information content (AvgIpc) is 2.78. The van der Waals surface area contributed by atoms with E-state index in [2.05, 4.69) is 41.4 Å². The quantitative estimate of drug-likeness (QED) is 0.847. The number of hydrogen-bond donors (Lipinski definition) is 1. The first kappa shape index (κ1) is 12.8. The van der Waals surface area contributed by atoms with Gasteiger partial charge in [0.05, 0.1) is 0 Å². The molecule has 1 aromatic carbocycles. The van der Waals surface area contributed by atoms with E-state index in [0.29, 0.717) is 11.9 Å². The Morgan fingerprint density at radius 1 is 1.22 bits per heavy atom. The molecule has 0 spiro atoms. The zero-order valence-corrected chi connectivity index (χ0v) is 10.9. The molecule has 0 radical (unpaired) electrons. The molecule has 0 saturated carbocycles. The molecule has 1 aromatic heterocycles. The zero-order valence-electron chi connectivity index (χ0n) is 10.9. The SMILES string of the molecule is CC(C)NCCc1nc(Cc2ccccc2)no1. The summed E-state index contributed by atoms with van der Waals surface area (Å²) < 4.78 is 5.22. The van der Waals surface area contributed by atoms with Crippen LogP contribution in [0, 0.1) is 0 Å². The molecule has 18 heavy (non-hydrogen) atoms. The molecule has 0 aliphatic carbocycles. The van der Waals surface area contributed by atoms with Gasteiger partial charge in [0.1, 0.15) is 0 Å². The Balaban J connectivity index is 1.86. The highest BCUT2D eigenvalue weighted by Gasteiger charge is 2.06. The Kier molecular flexibility index (Phi) is 4.47. The molecule has 4 nitrogen and oxygen atoms in total. The number of rotatable bonds is 6. The molecule has 0 aliphatic heterocycles. The van der Waals surface area contributed by atoms with Crippen molar-refractivity contribution in [2.75, 3.05) is 6.54 Å². The highest BCUT2D eigenvalue weighted by atomic mass is 16.5. The molecule has 0 bridgehead atoms. The van der Waals surface area contributed by atoms with Crippen molar-refractivity contribution in [1.82, 2.24) is 15.5 Å². The first-order valence-electron chi connectivity index (χ1n) is 6.33. The minimum absolute atomic E-state index is 0.483. The van der Waals surface area contributed by atoms with E-state index in [9.17, 15) is 0 Å². The lowest BCUT2D eigenvalue weighted by atomic mass is 10.1. The fraction of sp³-hybridized carbons (Fsp3) is 0.429. The van der Waals surface area contributed by atoms with E-state index in [1.54, 1.807) is 0 Å². The summed E-state index contributed by atoms with van der Waals surface area (Å²) in [5.41, 5.74) is 1.20. The maximum absolute atomic E-state index is 5.22. The fourth-order valence-electron chi connectivity index (χ4n) is 1.71. The molecule has 0 fully saturated rings. The van der Waals surface area contributed by atoms with Gasteiger partial charge in [0, 0.05) is 25.4 Å². The number of aromatic nitrogens is 2. The lowest BCUT2D eigenvalue weighted by Gasteiger charge is -2.04. The van der Waals surface area contributed by atoms with Crippen LogP contribution in [0.4, 0.5) is 0 Å². The highest BCUT2D eigenvalue weighted by Crippen LogP contribution is 2.06. The topological polar surface area (TPSA) is 51.0 Å². The van der Waals surface area contributed by atoms with Gasteiger partial charge in [0.25, 0.3) is 0 Å². The van der Waals surface area contributed by atoms with Gasteiger partial charge >= 0.3 is 0 Å². The number of hydrogen-bond acceptors (Lipinski definition) is 4. The maximum atomic E-state index is 5.22. The maximum Gasteiger partial charge on any atom is 0.227 e. The zero-order chi connectivity index (χ0) is 12.8. The molecular formula is C14H19N3O. The summed E-state index contributed by atoms with van der Waals surface area (Å²) in [6, 6.07) is 10.7. The van der Waals surface area contributed by atoms with Crippen LogP contribution in [0.25, 0.3) is 0 Å². The lowest BCUT2D eigenvalue weighted by molar-refractivity contribution is 0.369. The first-order valence-corrected chi connectivity index (χ1v) is 6.33. The average molecular weight is 245 g/mol. The van der Waals surface area contributed by atoms with Crippen molar-refractivity contribution >= 4 is 0 Å². The Hall–Kier alpha value is -1.68. The van der Waals surface area contributed by atoms with Gasteiger partial charge in [-0.3, -0.25) is 0 Å². The van der Waals surface area contributed by atoms with Gasteiger partial charge in [-0.1, -0.05) is 49.3 Å². The summed E-state index contributed by atoms with van der Waals surface area (Å²) in [4.78, 5) is 4.38. The summed E-state index contributed by atoms with van der Waals surface area (Å²) in [6.07, 6.45) is 1.50. The van der Waals surface area contributed by atoms with Crippen molar-refractivity contribution in [2.45, 2.75) is 32.7 Å². The minimum Gasteiger partial charge on any atom is -0.339 e. The number of nitrogens with zero attached hydrogens (tertiary/aromatic N) is 2. The van der Waals surface area contributed by atoms with Crippen molar-refractivity contribution in [3.8, 4) is 0 Å². The third-order valence-electron chi connectivity index (χ3n) is 2.61. The van der Waals surface area contributed by atoms with Crippen LogP contribution in [-0.4, -0.2) is 22.7 Å². The normalized spacial score (nSPS) is 11.1. The third-order valence-corrected chi connectivity index (χ3v) is 2.61. The van der Waals surface area contributed by atoms with E-state index in [0.717, 1.165) is 25.2 Å². The van der Waals surface area contributed by atoms with Crippen LogP contribution in [0.15, 0.2) is 34.9 Å². The number of nitrogens with one attached hydrogen (secondary N) is 1. The first-order chi connectivity index (χ1) is 8.74. The molecule has 0 amide bonds. The van der Waals surface area contributed by atoms with E-state index in [1.165, 1.54) is 5.56 Å². The molecule has 0 aliphatic rings. The number of benzene rings is 1. The van der Waals surface area contributed by atoms with Crippen LogP contribution in [0.1, 0.15) is 31.1 Å². The van der Waals surface area contributed by atoms with E-state index < -0.39 is 0 Å². The van der Waals surface area contributed by atoms with Crippen LogP contribution in [0.3, 0.4) is 0 Å². The summed E-state index contributed by atoms with van der Waals surface area (Å²) in [5, 5.41) is 7.32. The molecule has 0 saturated heterocycles. The molecule has 4 heteroatoms. The summed E-state index contributed by atoms with van der Waals surface area (Å²) in [6.45, 7) is 5.11. The van der Waals surface area contributed by atoms with Gasteiger partial charge in [-0.2, -0.15) is 4.98 Å². The van der Waals surface area contributed by atoms with E-state index in [-0.39, 0.29) is 0 Å². The smallest absolute Gasteiger partial charge is 0.227 e. The molecule has 0 atom stereocenters. The Morgan fingerprint density at radius 2 is 2.00 bits per heavy atom. The second-order valence-electron chi connectivity index (χ2n) is 4.63. The van der Waals surface area contributed by atoms with Gasteiger partial charge in [-0.15, -0.1) is 0 Å². The Labute approximate surface area is 107 Å². The largest absolute Gasteiger partial charge is 0.339 e. The fourth-order valence-corrected chi connectivity index (χ4v) is 1.71. The minimum atomic E-state index is 0.483. The van der Waals surface area contributed by atoms with Crippen LogP contribution in [0.2, 0.25) is 0 Å². The lowest BCUT2D eigenvalue weighted by Crippen LogP contribution is -2.25. The van der Waals surface area contributed by atoms with Gasteiger partial charge in [0.15, 0.2) is 5.82 Å². The summed E-state index contributed by atoms with van der Waals surface area (Å²) in [7, 11) is 0. The molecule has 0 unspecified atom stereocenters. The second-order valence-corrected chi connectivity index (χ2v) is 4.63. The van der Waals surface area contributed by atoms with Crippen molar-refractivity contribution in [3.63, 3.8) is 0 Å². The van der Waals surface area contributed by atoms with Crippen LogP contribution >= 0.6 is 0 Å². The predicted octanol–water partition coefficient (Wildman–Crippen LogP) is 2.20. The molecule has 1 N–H and O–H groups in total. The molecule has 1 heterocycles. The highest BCUT2D eigenvalue weighted by molar-refractivity contribution is 5.18. The van der Waals surface area contributed by atoms with Gasteiger partial charge < -0.3 is 9.84 Å². The second kappa shape index (κ2) is 6.31. The van der Waals surface area contributed by atoms with Gasteiger partial charge in [-0.05, 0) is 5.56 Å². The van der Waals surface area contributed by atoms with Crippen molar-refractivity contribution in [3.05, 3.63) is 47.6 Å². The molecule has 2 aromatic rings. The molecule has 2 rings (SSSR count). The van der Waals surface area contributed by atoms with E-state index in [4.69, 9.17) is 4.52 Å². The van der Waals surface area contributed by atoms with Gasteiger partial charge in [-0.25, -0.2) is 0 Å². The van der Waals surface area contributed by atoms with Crippen molar-refractivity contribution in [2.24, 2.45) is 0 Å². The summed E-state index contributed by atoms with van der Waals surface area (Å²) in [5.74, 6) is 1.45. The predicted molar refractivity (Wildman–Crippen MR) is 70.4 cm³/mol. The molecular weight excluding hydrogens is 226 g/mol. The third kappa shape index (κ3) is 3.96. The Bertz CT molecular complexity index is 465. The van der Waals surface area contributed by atoms with Crippen LogP contribution < -0.4 is 5.32 Å². The summed E-state index contributed by atoms with van der Waals surface area (Å²) >= 11 is 0. The van der Waals surface area contributed by atoms with Crippen molar-refractivity contribution in [1.29, 1.82) is 0 Å². The van der Waals surface area contributed by atoms with E-state index in [1.807, 2.05) is 18.2 Å². The van der Waals surface area contributed by atoms with Gasteiger partial charge in [0.2, 0.25) is 5.89 Å². The Morgan fingerprint density at radius 3 is 2.72 bits per heavy atom. The molecule has 96 valence electrons. The monoisotopic (exact) mass is 245 g/mol. The van der Waals surface area contributed by atoms with Crippen LogP contribution in [0.5, 0.6) is 0 Å². The standard InChI is InChI=1S/C14H19N3O/c1-11(2)15-9-8-14-16-13(17-18-14)10-12-6-4-3-5-7-12/h3-7,11,15H,8-10H2,1-2H3.